The molecule has 0 spiro atoms. The Morgan fingerprint density at radius 2 is 2.07 bits per heavy atom. The molecule has 2 aliphatic carbocycles. The number of ether oxygens (including phenoxy) is 1. The first-order valence-electron chi connectivity index (χ1n) is 5.43. The van der Waals surface area contributed by atoms with Gasteiger partial charge in [-0.05, 0) is 38.2 Å². The molecule has 1 fully saturated rings. The maximum atomic E-state index is 11.8. The van der Waals surface area contributed by atoms with Gasteiger partial charge in [-0.15, -0.1) is 0 Å². The molecule has 1 saturated carbocycles. The van der Waals surface area contributed by atoms with Gasteiger partial charge in [0.05, 0.1) is 7.11 Å². The molecule has 0 aromatic carbocycles. The van der Waals surface area contributed by atoms with Gasteiger partial charge in [-0.3, -0.25) is 4.79 Å². The summed E-state index contributed by atoms with van der Waals surface area (Å²) in [6, 6.07) is 0. The first kappa shape index (κ1) is 10.4. The highest BCUT2D eigenvalue weighted by molar-refractivity contribution is 5.97. The second kappa shape index (κ2) is 3.47. The monoisotopic (exact) mass is 208 g/mol. The number of rotatable bonds is 1. The van der Waals surface area contributed by atoms with E-state index in [0.717, 1.165) is 36.8 Å². The molecule has 0 N–H and O–H groups in total. The van der Waals surface area contributed by atoms with Gasteiger partial charge in [0.1, 0.15) is 5.78 Å². The highest BCUT2D eigenvalue weighted by atomic mass is 16.5. The van der Waals surface area contributed by atoms with Gasteiger partial charge in [-0.2, -0.15) is 0 Å². The van der Waals surface area contributed by atoms with Crippen molar-refractivity contribution in [3.63, 3.8) is 0 Å². The van der Waals surface area contributed by atoms with Gasteiger partial charge in [-0.1, -0.05) is 0 Å². The molecule has 2 aliphatic rings. The maximum Gasteiger partial charge on any atom is 0.333 e. The molecule has 0 heterocycles. The van der Waals surface area contributed by atoms with Crippen molar-refractivity contribution >= 4 is 11.8 Å². The summed E-state index contributed by atoms with van der Waals surface area (Å²) >= 11 is 0. The standard InChI is InChI=1S/C12H16O3/c1-12-7-3-4-8(11(14)15-2)9(12)5-6-10(12)13/h3-7H2,1-2H3/t12-/m0/s1. The number of fused-ring (bicyclic) bond motifs is 1. The topological polar surface area (TPSA) is 43.4 Å². The van der Waals surface area contributed by atoms with E-state index in [2.05, 4.69) is 0 Å². The molecule has 3 heteroatoms. The fraction of sp³-hybridized carbons (Fsp3) is 0.667. The lowest BCUT2D eigenvalue weighted by Crippen LogP contribution is -2.29. The maximum absolute atomic E-state index is 11.8. The van der Waals surface area contributed by atoms with Crippen molar-refractivity contribution in [2.75, 3.05) is 7.11 Å². The van der Waals surface area contributed by atoms with Crippen molar-refractivity contribution in [1.82, 2.24) is 0 Å². The Morgan fingerprint density at radius 3 is 2.73 bits per heavy atom. The van der Waals surface area contributed by atoms with E-state index in [0.29, 0.717) is 12.2 Å². The lowest BCUT2D eigenvalue weighted by molar-refractivity contribution is -0.136. The third kappa shape index (κ3) is 1.41. The number of carbonyl (C=O) groups is 2. The first-order valence-corrected chi connectivity index (χ1v) is 5.43. The van der Waals surface area contributed by atoms with Gasteiger partial charge >= 0.3 is 5.97 Å². The summed E-state index contributed by atoms with van der Waals surface area (Å²) in [7, 11) is 1.40. The molecule has 0 unspecified atom stereocenters. The second-order valence-corrected chi connectivity index (χ2v) is 4.56. The van der Waals surface area contributed by atoms with Crippen LogP contribution in [0.5, 0.6) is 0 Å². The number of ketones is 1. The molecule has 15 heavy (non-hydrogen) atoms. The molecule has 0 radical (unpaired) electrons. The number of carbonyl (C=O) groups excluding carboxylic acids is 2. The number of allylic oxidation sites excluding steroid dienone is 1. The Balaban J connectivity index is 2.45. The van der Waals surface area contributed by atoms with Crippen molar-refractivity contribution in [3.8, 4) is 0 Å². The molecule has 2 rings (SSSR count). The third-order valence-electron chi connectivity index (χ3n) is 3.78. The summed E-state index contributed by atoms with van der Waals surface area (Å²) in [5.41, 5.74) is 1.45. The molecular weight excluding hydrogens is 192 g/mol. The van der Waals surface area contributed by atoms with Gasteiger partial charge in [0, 0.05) is 17.4 Å². The summed E-state index contributed by atoms with van der Waals surface area (Å²) in [6.45, 7) is 1.97. The van der Waals surface area contributed by atoms with Crippen molar-refractivity contribution in [3.05, 3.63) is 11.1 Å². The fourth-order valence-corrected chi connectivity index (χ4v) is 2.85. The molecule has 1 atom stereocenters. The van der Waals surface area contributed by atoms with Gasteiger partial charge in [0.25, 0.3) is 0 Å². The van der Waals surface area contributed by atoms with Crippen LogP contribution in [-0.2, 0) is 14.3 Å². The molecule has 82 valence electrons. The predicted octanol–water partition coefficient (Wildman–Crippen LogP) is 2.01. The van der Waals surface area contributed by atoms with Crippen LogP contribution in [0.25, 0.3) is 0 Å². The lowest BCUT2D eigenvalue weighted by Gasteiger charge is -2.30. The van der Waals surface area contributed by atoms with Gasteiger partial charge in [0.15, 0.2) is 0 Å². The number of hydrogen-bond donors (Lipinski definition) is 0. The average Bonchev–Trinajstić information content (AvgIpc) is 2.54. The van der Waals surface area contributed by atoms with Crippen LogP contribution in [0, 0.1) is 5.41 Å². The number of esters is 1. The predicted molar refractivity (Wildman–Crippen MR) is 55.2 cm³/mol. The summed E-state index contributed by atoms with van der Waals surface area (Å²) in [5, 5.41) is 0. The SMILES string of the molecule is COC(=O)C1=C2CCC(=O)[C@@]2(C)CCC1. The van der Waals surface area contributed by atoms with Crippen molar-refractivity contribution in [2.45, 2.75) is 39.0 Å². The van der Waals surface area contributed by atoms with E-state index >= 15 is 0 Å². The van der Waals surface area contributed by atoms with Crippen LogP contribution in [0.2, 0.25) is 0 Å². The van der Waals surface area contributed by atoms with E-state index in [1.165, 1.54) is 7.11 Å². The smallest absolute Gasteiger partial charge is 0.333 e. The molecule has 0 aromatic heterocycles. The van der Waals surface area contributed by atoms with E-state index in [-0.39, 0.29) is 11.4 Å². The Morgan fingerprint density at radius 1 is 1.33 bits per heavy atom. The van der Waals surface area contributed by atoms with Crippen LogP contribution in [-0.4, -0.2) is 18.9 Å². The second-order valence-electron chi connectivity index (χ2n) is 4.56. The minimum absolute atomic E-state index is 0.245. The van der Waals surface area contributed by atoms with Gasteiger partial charge in [0.2, 0.25) is 0 Å². The van der Waals surface area contributed by atoms with Crippen molar-refractivity contribution < 1.29 is 14.3 Å². The third-order valence-corrected chi connectivity index (χ3v) is 3.78. The average molecular weight is 208 g/mol. The fourth-order valence-electron chi connectivity index (χ4n) is 2.85. The molecule has 0 saturated heterocycles. The lowest BCUT2D eigenvalue weighted by atomic mass is 9.72. The first-order chi connectivity index (χ1) is 7.09. The molecule has 0 amide bonds. The summed E-state index contributed by atoms with van der Waals surface area (Å²) in [4.78, 5) is 23.4. The summed E-state index contributed by atoms with van der Waals surface area (Å²) in [6.07, 6.45) is 3.91. The molecule has 0 bridgehead atoms. The summed E-state index contributed by atoms with van der Waals surface area (Å²) < 4.78 is 4.77. The van der Waals surface area contributed by atoms with Crippen molar-refractivity contribution in [2.24, 2.45) is 5.41 Å². The molecule has 0 aromatic rings. The zero-order valence-corrected chi connectivity index (χ0v) is 9.26. The molecular formula is C12H16O3. The van der Waals surface area contributed by atoms with Crippen LogP contribution in [0.3, 0.4) is 0 Å². The van der Waals surface area contributed by atoms with E-state index < -0.39 is 0 Å². The zero-order valence-electron chi connectivity index (χ0n) is 9.26. The molecule has 3 nitrogen and oxygen atoms in total. The normalized spacial score (nSPS) is 30.4. The van der Waals surface area contributed by atoms with E-state index in [9.17, 15) is 9.59 Å². The van der Waals surface area contributed by atoms with Gasteiger partial charge < -0.3 is 4.74 Å². The number of methoxy groups -OCH3 is 1. The Labute approximate surface area is 89.5 Å². The van der Waals surface area contributed by atoms with Crippen LogP contribution in [0.1, 0.15) is 39.0 Å². The minimum atomic E-state index is -0.359. The van der Waals surface area contributed by atoms with Crippen LogP contribution < -0.4 is 0 Å². The number of hydrogen-bond acceptors (Lipinski definition) is 3. The minimum Gasteiger partial charge on any atom is -0.466 e. The van der Waals surface area contributed by atoms with Crippen molar-refractivity contribution in [1.29, 1.82) is 0 Å². The highest BCUT2D eigenvalue weighted by Crippen LogP contribution is 2.49. The Bertz CT molecular complexity index is 354. The van der Waals surface area contributed by atoms with E-state index in [1.54, 1.807) is 0 Å². The molecule has 0 aliphatic heterocycles. The number of Topliss-reactive ketones (excluding diaryl/α,β-unsaturated/α-hetero) is 1. The van der Waals surface area contributed by atoms with Crippen LogP contribution in [0.15, 0.2) is 11.1 Å². The van der Waals surface area contributed by atoms with E-state index in [1.807, 2.05) is 6.92 Å². The Kier molecular flexibility index (Phi) is 2.41. The van der Waals surface area contributed by atoms with Crippen LogP contribution in [0.4, 0.5) is 0 Å². The quantitative estimate of drug-likeness (QED) is 0.619. The zero-order chi connectivity index (χ0) is 11.1. The van der Waals surface area contributed by atoms with Gasteiger partial charge in [-0.25, -0.2) is 4.79 Å². The highest BCUT2D eigenvalue weighted by Gasteiger charge is 2.45. The Hall–Kier alpha value is -1.12. The summed E-state index contributed by atoms with van der Waals surface area (Å²) in [5.74, 6) is 0.0456. The largest absolute Gasteiger partial charge is 0.466 e. The van der Waals surface area contributed by atoms with Crippen LogP contribution >= 0.6 is 0 Å². The van der Waals surface area contributed by atoms with E-state index in [4.69, 9.17) is 4.74 Å².